The van der Waals surface area contributed by atoms with Crippen molar-refractivity contribution in [1.82, 2.24) is 10.2 Å². The Bertz CT molecular complexity index is 516. The van der Waals surface area contributed by atoms with Crippen molar-refractivity contribution in [2.75, 3.05) is 20.1 Å². The van der Waals surface area contributed by atoms with Gasteiger partial charge in [-0.3, -0.25) is 4.79 Å². The molecule has 1 amide bonds. The number of halogens is 4. The smallest absolute Gasteiger partial charge is 0.348 e. The number of benzene rings is 1. The average molecular weight is 290 g/mol. The molecule has 1 aromatic rings. The monoisotopic (exact) mass is 290 g/mol. The Morgan fingerprint density at radius 2 is 2.10 bits per heavy atom. The van der Waals surface area contributed by atoms with Crippen molar-refractivity contribution in [3.05, 3.63) is 35.1 Å². The molecular weight excluding hydrogens is 276 g/mol. The molecule has 7 heteroatoms. The van der Waals surface area contributed by atoms with Gasteiger partial charge in [0.1, 0.15) is 5.82 Å². The van der Waals surface area contributed by atoms with Gasteiger partial charge in [-0.05, 0) is 38.2 Å². The van der Waals surface area contributed by atoms with Crippen LogP contribution in [0, 0.1) is 5.82 Å². The predicted molar refractivity (Wildman–Crippen MR) is 64.8 cm³/mol. The third-order valence-electron chi connectivity index (χ3n) is 3.26. The van der Waals surface area contributed by atoms with Crippen LogP contribution in [0.4, 0.5) is 17.6 Å². The van der Waals surface area contributed by atoms with Crippen molar-refractivity contribution in [1.29, 1.82) is 0 Å². The molecule has 0 bridgehead atoms. The van der Waals surface area contributed by atoms with Crippen LogP contribution >= 0.6 is 0 Å². The summed E-state index contributed by atoms with van der Waals surface area (Å²) in [6.45, 7) is 1.47. The second kappa shape index (κ2) is 5.40. The van der Waals surface area contributed by atoms with E-state index >= 15 is 0 Å². The van der Waals surface area contributed by atoms with Crippen LogP contribution in [0.3, 0.4) is 0 Å². The number of nitrogens with one attached hydrogen (secondary N) is 1. The van der Waals surface area contributed by atoms with Gasteiger partial charge in [-0.2, -0.15) is 13.2 Å². The lowest BCUT2D eigenvalue weighted by molar-refractivity contribution is -0.140. The minimum absolute atomic E-state index is 0.0908. The minimum Gasteiger partial charge on any atom is -0.348 e. The fraction of sp³-hybridized carbons (Fsp3) is 0.462. The second-order valence-electron chi connectivity index (χ2n) is 4.91. The van der Waals surface area contributed by atoms with Gasteiger partial charge < -0.3 is 10.2 Å². The van der Waals surface area contributed by atoms with Crippen molar-refractivity contribution in [2.24, 2.45) is 0 Å². The molecule has 1 heterocycles. The highest BCUT2D eigenvalue weighted by molar-refractivity contribution is 5.94. The normalized spacial score (nSPS) is 20.1. The molecule has 1 unspecified atom stereocenters. The lowest BCUT2D eigenvalue weighted by Gasteiger charge is -2.14. The van der Waals surface area contributed by atoms with Crippen LogP contribution in [0.25, 0.3) is 0 Å². The highest BCUT2D eigenvalue weighted by Gasteiger charge is 2.34. The molecule has 1 aliphatic rings. The molecular formula is C13H14F4N2O. The van der Waals surface area contributed by atoms with Crippen LogP contribution in [0.5, 0.6) is 0 Å². The molecule has 2 rings (SSSR count). The number of likely N-dealkylation sites (N-methyl/N-ethyl adjacent to an activating group) is 1. The molecule has 110 valence electrons. The van der Waals surface area contributed by atoms with Crippen LogP contribution in [-0.2, 0) is 6.18 Å². The zero-order valence-electron chi connectivity index (χ0n) is 10.8. The summed E-state index contributed by atoms with van der Waals surface area (Å²) < 4.78 is 50.8. The van der Waals surface area contributed by atoms with E-state index in [9.17, 15) is 22.4 Å². The molecule has 1 aliphatic heterocycles. The lowest BCUT2D eigenvalue weighted by atomic mass is 10.1. The topological polar surface area (TPSA) is 32.3 Å². The SMILES string of the molecule is CN1CCC(NC(=O)c2ccc(F)c(C(F)(F)F)c2)C1. The molecule has 1 atom stereocenters. The zero-order chi connectivity index (χ0) is 14.9. The number of hydrogen-bond acceptors (Lipinski definition) is 2. The Labute approximate surface area is 113 Å². The Kier molecular flexibility index (Phi) is 3.99. The second-order valence-corrected chi connectivity index (χ2v) is 4.91. The first-order chi connectivity index (χ1) is 9.27. The maximum Gasteiger partial charge on any atom is 0.419 e. The van der Waals surface area contributed by atoms with Crippen molar-refractivity contribution in [3.63, 3.8) is 0 Å². The van der Waals surface area contributed by atoms with E-state index in [1.165, 1.54) is 0 Å². The summed E-state index contributed by atoms with van der Waals surface area (Å²) >= 11 is 0. The number of carbonyl (C=O) groups is 1. The molecule has 1 N–H and O–H groups in total. The van der Waals surface area contributed by atoms with Crippen molar-refractivity contribution in [2.45, 2.75) is 18.6 Å². The Morgan fingerprint density at radius 1 is 1.40 bits per heavy atom. The number of carbonyl (C=O) groups excluding carboxylic acids is 1. The van der Waals surface area contributed by atoms with Crippen molar-refractivity contribution < 1.29 is 22.4 Å². The fourth-order valence-electron chi connectivity index (χ4n) is 2.21. The molecule has 20 heavy (non-hydrogen) atoms. The van der Waals surface area contributed by atoms with Gasteiger partial charge in [0, 0.05) is 18.2 Å². The molecule has 3 nitrogen and oxygen atoms in total. The molecule has 0 radical (unpaired) electrons. The third-order valence-corrected chi connectivity index (χ3v) is 3.26. The van der Waals surface area contributed by atoms with Gasteiger partial charge in [0.05, 0.1) is 5.56 Å². The van der Waals surface area contributed by atoms with Crippen LogP contribution in [0.15, 0.2) is 18.2 Å². The maximum absolute atomic E-state index is 13.1. The van der Waals surface area contributed by atoms with Crippen LogP contribution < -0.4 is 5.32 Å². The summed E-state index contributed by atoms with van der Waals surface area (Å²) in [5.41, 5.74) is -1.61. The van der Waals surface area contributed by atoms with Gasteiger partial charge in [-0.1, -0.05) is 0 Å². The number of hydrogen-bond donors (Lipinski definition) is 1. The van der Waals surface area contributed by atoms with E-state index in [2.05, 4.69) is 5.32 Å². The molecule has 0 aromatic heterocycles. The number of amides is 1. The highest BCUT2D eigenvalue weighted by Crippen LogP contribution is 2.31. The zero-order valence-corrected chi connectivity index (χ0v) is 10.8. The van der Waals surface area contributed by atoms with Crippen molar-refractivity contribution in [3.8, 4) is 0 Å². The predicted octanol–water partition coefficient (Wildman–Crippen LogP) is 2.28. The average Bonchev–Trinajstić information content (AvgIpc) is 2.73. The van der Waals surface area contributed by atoms with Crippen molar-refractivity contribution >= 4 is 5.91 Å². The fourth-order valence-corrected chi connectivity index (χ4v) is 2.21. The van der Waals surface area contributed by atoms with E-state index in [0.29, 0.717) is 18.7 Å². The number of alkyl halides is 3. The van der Waals surface area contributed by atoms with E-state index in [1.807, 2.05) is 11.9 Å². The minimum atomic E-state index is -4.81. The van der Waals surface area contributed by atoms with Gasteiger partial charge in [-0.25, -0.2) is 4.39 Å². The standard InChI is InChI=1S/C13H14F4N2O/c1-19-5-4-9(7-19)18-12(20)8-2-3-11(14)10(6-8)13(15,16)17/h2-3,6,9H,4-5,7H2,1H3,(H,18,20). The van der Waals surface area contributed by atoms with Crippen LogP contribution in [0.2, 0.25) is 0 Å². The Balaban J connectivity index is 2.14. The molecule has 1 fully saturated rings. The third kappa shape index (κ3) is 3.27. The summed E-state index contributed by atoms with van der Waals surface area (Å²) in [4.78, 5) is 13.9. The first kappa shape index (κ1) is 14.8. The van der Waals surface area contributed by atoms with Gasteiger partial charge >= 0.3 is 6.18 Å². The summed E-state index contributed by atoms with van der Waals surface area (Å²) in [5.74, 6) is -1.99. The number of rotatable bonds is 2. The van der Waals surface area contributed by atoms with Gasteiger partial charge in [0.2, 0.25) is 0 Å². The van der Waals surface area contributed by atoms with Crippen LogP contribution in [-0.4, -0.2) is 37.0 Å². The number of likely N-dealkylation sites (tertiary alicyclic amines) is 1. The summed E-state index contributed by atoms with van der Waals surface area (Å²) in [6.07, 6.45) is -4.07. The van der Waals surface area contributed by atoms with E-state index in [-0.39, 0.29) is 11.6 Å². The Morgan fingerprint density at radius 3 is 2.65 bits per heavy atom. The maximum atomic E-state index is 13.1. The van der Waals surface area contributed by atoms with Gasteiger partial charge in [0.25, 0.3) is 5.91 Å². The summed E-state index contributed by atoms with van der Waals surface area (Å²) in [6, 6.07) is 2.17. The first-order valence-corrected chi connectivity index (χ1v) is 6.13. The molecule has 1 saturated heterocycles. The van der Waals surface area contributed by atoms with E-state index in [1.54, 1.807) is 0 Å². The number of nitrogens with zero attached hydrogens (tertiary/aromatic N) is 1. The highest BCUT2D eigenvalue weighted by atomic mass is 19.4. The summed E-state index contributed by atoms with van der Waals surface area (Å²) in [7, 11) is 1.89. The molecule has 1 aromatic carbocycles. The Hall–Kier alpha value is -1.63. The largest absolute Gasteiger partial charge is 0.419 e. The molecule has 0 aliphatic carbocycles. The van der Waals surface area contributed by atoms with E-state index in [4.69, 9.17) is 0 Å². The van der Waals surface area contributed by atoms with Crippen LogP contribution in [0.1, 0.15) is 22.3 Å². The lowest BCUT2D eigenvalue weighted by Crippen LogP contribution is -2.36. The van der Waals surface area contributed by atoms with Gasteiger partial charge in [-0.15, -0.1) is 0 Å². The quantitative estimate of drug-likeness (QED) is 0.848. The molecule has 0 spiro atoms. The molecule has 0 saturated carbocycles. The first-order valence-electron chi connectivity index (χ1n) is 6.13. The van der Waals surface area contributed by atoms with E-state index < -0.39 is 23.5 Å². The summed E-state index contributed by atoms with van der Waals surface area (Å²) in [5, 5.41) is 2.65. The van der Waals surface area contributed by atoms with Gasteiger partial charge in [0.15, 0.2) is 0 Å². The van der Waals surface area contributed by atoms with E-state index in [0.717, 1.165) is 19.0 Å².